The molecule has 0 aromatic rings. The van der Waals surface area contributed by atoms with Crippen LogP contribution in [0.1, 0.15) is 219 Å². The number of rotatable bonds is 39. The van der Waals surface area contributed by atoms with E-state index in [-0.39, 0.29) is 12.5 Å². The van der Waals surface area contributed by atoms with E-state index in [0.717, 1.165) is 44.9 Å². The van der Waals surface area contributed by atoms with Crippen molar-refractivity contribution in [2.45, 2.75) is 231 Å². The third-order valence-corrected chi connectivity index (χ3v) is 9.77. The second-order valence-corrected chi connectivity index (χ2v) is 14.8. The molecule has 292 valence electrons. The third kappa shape index (κ3) is 37.6. The number of nitrogens with one attached hydrogen (secondary N) is 1. The van der Waals surface area contributed by atoms with Crippen molar-refractivity contribution in [2.24, 2.45) is 0 Å². The minimum atomic E-state index is -0.857. The van der Waals surface area contributed by atoms with Gasteiger partial charge in [0, 0.05) is 6.42 Å². The maximum atomic E-state index is 12.3. The van der Waals surface area contributed by atoms with Gasteiger partial charge in [-0.1, -0.05) is 204 Å². The first kappa shape index (κ1) is 48.3. The fourth-order valence-electron chi connectivity index (χ4n) is 6.41. The summed E-state index contributed by atoms with van der Waals surface area (Å²) in [4.78, 5) is 12.3. The van der Waals surface area contributed by atoms with E-state index in [4.69, 9.17) is 0 Å². The molecule has 0 rings (SSSR count). The Bertz CT molecular complexity index is 801. The summed E-state index contributed by atoms with van der Waals surface area (Å²) in [6.07, 6.45) is 56.9. The Morgan fingerprint density at radius 3 is 1.34 bits per heavy atom. The molecule has 4 nitrogen and oxygen atoms in total. The zero-order chi connectivity index (χ0) is 36.4. The van der Waals surface area contributed by atoms with E-state index in [0.29, 0.717) is 6.42 Å². The van der Waals surface area contributed by atoms with Gasteiger partial charge in [-0.2, -0.15) is 0 Å². The van der Waals surface area contributed by atoms with Gasteiger partial charge >= 0.3 is 0 Å². The van der Waals surface area contributed by atoms with Crippen molar-refractivity contribution in [3.63, 3.8) is 0 Å². The molecule has 0 saturated heterocycles. The first-order valence-electron chi connectivity index (χ1n) is 21.9. The van der Waals surface area contributed by atoms with E-state index in [1.807, 2.05) is 6.08 Å². The van der Waals surface area contributed by atoms with E-state index in [2.05, 4.69) is 55.6 Å². The lowest BCUT2D eigenvalue weighted by Gasteiger charge is -2.19. The third-order valence-electron chi connectivity index (χ3n) is 9.77. The molecule has 0 radical (unpaired) electrons. The maximum Gasteiger partial charge on any atom is 0.220 e. The number of hydrogen-bond donors (Lipinski definition) is 3. The Morgan fingerprint density at radius 1 is 0.480 bits per heavy atom. The quantitative estimate of drug-likeness (QED) is 0.0442. The molecule has 2 atom stereocenters. The molecule has 2 unspecified atom stereocenters. The minimum absolute atomic E-state index is 0.0779. The highest BCUT2D eigenvalue weighted by Gasteiger charge is 2.17. The van der Waals surface area contributed by atoms with Gasteiger partial charge in [-0.25, -0.2) is 0 Å². The van der Waals surface area contributed by atoms with E-state index < -0.39 is 12.1 Å². The number of aliphatic hydroxyl groups is 2. The standard InChI is InChI=1S/C46H85NO3/c1-3-5-7-9-11-12-13-14-15-16-17-18-19-20-21-22-23-24-25-26-27-28-29-30-31-32-33-34-36-38-40-42-46(50)47-44(43-48)45(49)41-39-37-35-10-8-6-4-2/h8,10,13-14,16-17,39,41,44-45,48-49H,3-7,9,11-12,15,18-38,40,42-43H2,1-2H3,(H,47,50)/b10-8+,14-13-,17-16-,41-39+. The molecule has 0 fully saturated rings. The molecule has 4 heteroatoms. The molecule has 0 aliphatic rings. The highest BCUT2D eigenvalue weighted by atomic mass is 16.3. The molecular weight excluding hydrogens is 615 g/mol. The highest BCUT2D eigenvalue weighted by Crippen LogP contribution is 2.15. The summed E-state index contributed by atoms with van der Waals surface area (Å²) in [5.74, 6) is -0.0779. The van der Waals surface area contributed by atoms with Gasteiger partial charge in [-0.05, 0) is 57.8 Å². The summed E-state index contributed by atoms with van der Waals surface area (Å²) in [5, 5.41) is 22.7. The Kier molecular flexibility index (Phi) is 40.4. The average molecular weight is 700 g/mol. The SMILES string of the molecule is CCC/C=C/CC/C=C/C(O)C(CO)NC(=O)CCCCCCCCCCCCCCCCCCCCC/C=C\C/C=C\CCCCCCC. The second-order valence-electron chi connectivity index (χ2n) is 14.8. The zero-order valence-corrected chi connectivity index (χ0v) is 33.4. The maximum absolute atomic E-state index is 12.3. The molecule has 3 N–H and O–H groups in total. The van der Waals surface area contributed by atoms with Crippen molar-refractivity contribution in [3.05, 3.63) is 48.6 Å². The predicted molar refractivity (Wildman–Crippen MR) is 221 cm³/mol. The largest absolute Gasteiger partial charge is 0.394 e. The molecule has 0 aliphatic carbocycles. The number of carbonyl (C=O) groups excluding carboxylic acids is 1. The summed E-state index contributed by atoms with van der Waals surface area (Å²) in [7, 11) is 0. The van der Waals surface area contributed by atoms with Crippen LogP contribution in [0.15, 0.2) is 48.6 Å². The Morgan fingerprint density at radius 2 is 0.880 bits per heavy atom. The van der Waals surface area contributed by atoms with Crippen LogP contribution >= 0.6 is 0 Å². The predicted octanol–water partition coefficient (Wildman–Crippen LogP) is 13.6. The fraction of sp³-hybridized carbons (Fsp3) is 0.804. The number of carbonyl (C=O) groups is 1. The second kappa shape index (κ2) is 41.8. The van der Waals surface area contributed by atoms with Crippen molar-refractivity contribution >= 4 is 5.91 Å². The number of aliphatic hydroxyl groups excluding tert-OH is 2. The molecule has 50 heavy (non-hydrogen) atoms. The molecule has 0 spiro atoms. The van der Waals surface area contributed by atoms with Crippen molar-refractivity contribution in [1.29, 1.82) is 0 Å². The van der Waals surface area contributed by atoms with Crippen LogP contribution in [0.4, 0.5) is 0 Å². The number of unbranched alkanes of at least 4 members (excludes halogenated alkanes) is 26. The lowest BCUT2D eigenvalue weighted by atomic mass is 10.0. The van der Waals surface area contributed by atoms with Crippen molar-refractivity contribution < 1.29 is 15.0 Å². The lowest BCUT2D eigenvalue weighted by molar-refractivity contribution is -0.123. The van der Waals surface area contributed by atoms with Crippen molar-refractivity contribution in [3.8, 4) is 0 Å². The van der Waals surface area contributed by atoms with Gasteiger partial charge in [0.1, 0.15) is 0 Å². The highest BCUT2D eigenvalue weighted by molar-refractivity contribution is 5.76. The molecule has 0 heterocycles. The number of allylic oxidation sites excluding steroid dienone is 7. The molecule has 0 bridgehead atoms. The van der Waals surface area contributed by atoms with Crippen molar-refractivity contribution in [1.82, 2.24) is 5.32 Å². The monoisotopic (exact) mass is 700 g/mol. The van der Waals surface area contributed by atoms with Gasteiger partial charge < -0.3 is 15.5 Å². The number of hydrogen-bond acceptors (Lipinski definition) is 3. The van der Waals surface area contributed by atoms with Crippen LogP contribution in [0.5, 0.6) is 0 Å². The molecule has 0 aromatic carbocycles. The van der Waals surface area contributed by atoms with Crippen LogP contribution in [0.3, 0.4) is 0 Å². The Hall–Kier alpha value is -1.65. The first-order valence-corrected chi connectivity index (χ1v) is 21.9. The average Bonchev–Trinajstić information content (AvgIpc) is 3.12. The van der Waals surface area contributed by atoms with Crippen LogP contribution in [0.2, 0.25) is 0 Å². The normalized spacial score (nSPS) is 13.4. The smallest absolute Gasteiger partial charge is 0.220 e. The van der Waals surface area contributed by atoms with Gasteiger partial charge in [0.15, 0.2) is 0 Å². The lowest BCUT2D eigenvalue weighted by Crippen LogP contribution is -2.45. The Labute approximate surface area is 312 Å². The number of amides is 1. The summed E-state index contributed by atoms with van der Waals surface area (Å²) in [5.41, 5.74) is 0. The van der Waals surface area contributed by atoms with Gasteiger partial charge in [-0.3, -0.25) is 4.79 Å². The summed E-state index contributed by atoms with van der Waals surface area (Å²) < 4.78 is 0. The van der Waals surface area contributed by atoms with Gasteiger partial charge in [0.2, 0.25) is 5.91 Å². The van der Waals surface area contributed by atoms with E-state index in [1.54, 1.807) is 6.08 Å². The zero-order valence-electron chi connectivity index (χ0n) is 33.4. The summed E-state index contributed by atoms with van der Waals surface area (Å²) in [6.45, 7) is 4.18. The van der Waals surface area contributed by atoms with Crippen LogP contribution in [-0.2, 0) is 4.79 Å². The van der Waals surface area contributed by atoms with Crippen LogP contribution in [0.25, 0.3) is 0 Å². The fourth-order valence-corrected chi connectivity index (χ4v) is 6.41. The van der Waals surface area contributed by atoms with Gasteiger partial charge in [-0.15, -0.1) is 0 Å². The topological polar surface area (TPSA) is 69.6 Å². The van der Waals surface area contributed by atoms with Crippen LogP contribution in [-0.4, -0.2) is 34.9 Å². The van der Waals surface area contributed by atoms with Crippen molar-refractivity contribution in [2.75, 3.05) is 6.61 Å². The molecule has 0 saturated carbocycles. The van der Waals surface area contributed by atoms with Crippen LogP contribution in [0, 0.1) is 0 Å². The molecule has 0 aromatic heterocycles. The summed E-state index contributed by atoms with van der Waals surface area (Å²) >= 11 is 0. The molecule has 0 aliphatic heterocycles. The van der Waals surface area contributed by atoms with Crippen LogP contribution < -0.4 is 5.32 Å². The van der Waals surface area contributed by atoms with E-state index in [9.17, 15) is 15.0 Å². The summed E-state index contributed by atoms with van der Waals surface area (Å²) in [6, 6.07) is -0.634. The Balaban J connectivity index is 3.41. The molecule has 1 amide bonds. The van der Waals surface area contributed by atoms with Gasteiger partial charge in [0.25, 0.3) is 0 Å². The van der Waals surface area contributed by atoms with E-state index in [1.165, 1.54) is 154 Å². The molecular formula is C46H85NO3. The van der Waals surface area contributed by atoms with E-state index >= 15 is 0 Å². The minimum Gasteiger partial charge on any atom is -0.394 e. The van der Waals surface area contributed by atoms with Gasteiger partial charge in [0.05, 0.1) is 18.8 Å². The first-order chi connectivity index (χ1) is 24.7.